The molecule has 0 atom stereocenters. The van der Waals surface area contributed by atoms with Crippen LogP contribution in [0.25, 0.3) is 11.1 Å². The number of carboxylic acid groups (broad SMARTS) is 1. The lowest BCUT2D eigenvalue weighted by Gasteiger charge is -1.96. The topological polar surface area (TPSA) is 89.3 Å². The van der Waals surface area contributed by atoms with Crippen LogP contribution in [0.2, 0.25) is 0 Å². The smallest absolute Gasteiger partial charge is 0.338 e. The van der Waals surface area contributed by atoms with Crippen molar-refractivity contribution in [3.05, 3.63) is 23.3 Å². The fraction of sp³-hybridized carbons (Fsp3) is 0.111. The molecule has 0 saturated heterocycles. The first kappa shape index (κ1) is 8.55. The van der Waals surface area contributed by atoms with Gasteiger partial charge in [0.05, 0.1) is 5.56 Å². The summed E-state index contributed by atoms with van der Waals surface area (Å²) in [5, 5.41) is 8.86. The minimum Gasteiger partial charge on any atom is -0.478 e. The molecule has 5 nitrogen and oxygen atoms in total. The summed E-state index contributed by atoms with van der Waals surface area (Å²) >= 11 is 0. The highest BCUT2D eigenvalue weighted by atomic mass is 16.4. The van der Waals surface area contributed by atoms with E-state index in [0.717, 1.165) is 5.56 Å². The van der Waals surface area contributed by atoms with E-state index in [9.17, 15) is 4.79 Å². The van der Waals surface area contributed by atoms with Gasteiger partial charge in [0.15, 0.2) is 5.58 Å². The molecule has 2 rings (SSSR count). The van der Waals surface area contributed by atoms with Crippen LogP contribution >= 0.6 is 0 Å². The van der Waals surface area contributed by atoms with E-state index >= 15 is 0 Å². The summed E-state index contributed by atoms with van der Waals surface area (Å²) in [4.78, 5) is 14.6. The van der Waals surface area contributed by atoms with Crippen LogP contribution in [0.15, 0.2) is 16.5 Å². The van der Waals surface area contributed by atoms with Gasteiger partial charge in [-0.15, -0.1) is 0 Å². The molecule has 5 heteroatoms. The summed E-state index contributed by atoms with van der Waals surface area (Å²) in [7, 11) is 0. The normalized spacial score (nSPS) is 10.6. The number of nitrogens with two attached hydrogens (primary N) is 1. The van der Waals surface area contributed by atoms with Crippen LogP contribution in [0.5, 0.6) is 0 Å². The molecule has 1 aromatic heterocycles. The number of aromatic carboxylic acids is 1. The number of oxazole rings is 1. The van der Waals surface area contributed by atoms with E-state index in [-0.39, 0.29) is 11.6 Å². The molecule has 0 amide bonds. The molecule has 0 unspecified atom stereocenters. The van der Waals surface area contributed by atoms with Crippen molar-refractivity contribution in [3.63, 3.8) is 0 Å². The van der Waals surface area contributed by atoms with Gasteiger partial charge in [-0.05, 0) is 18.6 Å². The Labute approximate surface area is 79.2 Å². The predicted octanol–water partition coefficient (Wildman–Crippen LogP) is 1.42. The van der Waals surface area contributed by atoms with Crippen molar-refractivity contribution in [3.8, 4) is 0 Å². The number of nitrogen functional groups attached to an aromatic ring is 1. The van der Waals surface area contributed by atoms with E-state index < -0.39 is 5.97 Å². The first-order chi connectivity index (χ1) is 6.59. The quantitative estimate of drug-likeness (QED) is 0.713. The highest BCUT2D eigenvalue weighted by Crippen LogP contribution is 2.24. The van der Waals surface area contributed by atoms with Crippen molar-refractivity contribution < 1.29 is 14.3 Å². The summed E-state index contributed by atoms with van der Waals surface area (Å²) in [6, 6.07) is 3.13. The Hall–Kier alpha value is -2.04. The number of rotatable bonds is 1. The number of benzene rings is 1. The van der Waals surface area contributed by atoms with E-state index in [0.29, 0.717) is 11.1 Å². The number of fused-ring (bicyclic) bond motifs is 1. The van der Waals surface area contributed by atoms with Gasteiger partial charge in [-0.2, -0.15) is 4.98 Å². The molecule has 0 saturated carbocycles. The maximum absolute atomic E-state index is 10.8. The van der Waals surface area contributed by atoms with Gasteiger partial charge in [-0.3, -0.25) is 0 Å². The third-order valence-electron chi connectivity index (χ3n) is 1.99. The van der Waals surface area contributed by atoms with E-state index in [4.69, 9.17) is 15.3 Å². The second-order valence-electron chi connectivity index (χ2n) is 2.97. The lowest BCUT2D eigenvalue weighted by Crippen LogP contribution is -1.97. The van der Waals surface area contributed by atoms with Crippen LogP contribution < -0.4 is 5.73 Å². The van der Waals surface area contributed by atoms with Gasteiger partial charge in [-0.1, -0.05) is 6.07 Å². The zero-order valence-electron chi connectivity index (χ0n) is 7.44. The Morgan fingerprint density at radius 2 is 2.29 bits per heavy atom. The number of aromatic nitrogens is 1. The SMILES string of the molecule is Cc1ccc(C(=O)O)c2nc(N)oc12. The Morgan fingerprint density at radius 3 is 2.93 bits per heavy atom. The number of aryl methyl sites for hydroxylation is 1. The Morgan fingerprint density at radius 1 is 1.57 bits per heavy atom. The average molecular weight is 192 g/mol. The van der Waals surface area contributed by atoms with Crippen LogP contribution in [-0.4, -0.2) is 16.1 Å². The Bertz CT molecular complexity index is 516. The van der Waals surface area contributed by atoms with Crippen molar-refractivity contribution in [1.82, 2.24) is 4.98 Å². The second kappa shape index (κ2) is 2.73. The third-order valence-corrected chi connectivity index (χ3v) is 1.99. The van der Waals surface area contributed by atoms with Crippen LogP contribution in [0.3, 0.4) is 0 Å². The van der Waals surface area contributed by atoms with Crippen molar-refractivity contribution in [1.29, 1.82) is 0 Å². The van der Waals surface area contributed by atoms with Crippen molar-refractivity contribution >= 4 is 23.1 Å². The fourth-order valence-corrected chi connectivity index (χ4v) is 1.32. The summed E-state index contributed by atoms with van der Waals surface area (Å²) in [5.41, 5.74) is 7.01. The fourth-order valence-electron chi connectivity index (χ4n) is 1.32. The summed E-state index contributed by atoms with van der Waals surface area (Å²) in [6.07, 6.45) is 0. The molecule has 1 aromatic carbocycles. The molecule has 14 heavy (non-hydrogen) atoms. The lowest BCUT2D eigenvalue weighted by atomic mass is 10.1. The van der Waals surface area contributed by atoms with Crippen molar-refractivity contribution in [2.75, 3.05) is 5.73 Å². The lowest BCUT2D eigenvalue weighted by molar-refractivity contribution is 0.0699. The minimum atomic E-state index is -1.04. The summed E-state index contributed by atoms with van der Waals surface area (Å²) in [5.74, 6) is -1.04. The maximum Gasteiger partial charge on any atom is 0.338 e. The molecule has 0 aliphatic rings. The monoisotopic (exact) mass is 192 g/mol. The molecular formula is C9H8N2O3. The summed E-state index contributed by atoms with van der Waals surface area (Å²) < 4.78 is 5.09. The standard InChI is InChI=1S/C9H8N2O3/c1-4-2-3-5(8(12)13)6-7(4)14-9(10)11-6/h2-3H,1H3,(H2,10,11)(H,12,13). The van der Waals surface area contributed by atoms with Crippen LogP contribution in [0.1, 0.15) is 15.9 Å². The van der Waals surface area contributed by atoms with Gasteiger partial charge >= 0.3 is 5.97 Å². The van der Waals surface area contributed by atoms with Crippen molar-refractivity contribution in [2.24, 2.45) is 0 Å². The van der Waals surface area contributed by atoms with E-state index in [1.54, 1.807) is 13.0 Å². The molecule has 0 fully saturated rings. The minimum absolute atomic E-state index is 0.0169. The van der Waals surface area contributed by atoms with Gasteiger partial charge in [0.2, 0.25) is 0 Å². The van der Waals surface area contributed by atoms with Crippen molar-refractivity contribution in [2.45, 2.75) is 6.92 Å². The van der Waals surface area contributed by atoms with Crippen LogP contribution in [-0.2, 0) is 0 Å². The van der Waals surface area contributed by atoms with Gasteiger partial charge in [0.25, 0.3) is 6.01 Å². The number of carboxylic acids is 1. The number of hydrogen-bond donors (Lipinski definition) is 2. The van der Waals surface area contributed by atoms with Gasteiger partial charge in [-0.25, -0.2) is 4.79 Å². The molecular weight excluding hydrogens is 184 g/mol. The molecule has 72 valence electrons. The van der Waals surface area contributed by atoms with Crippen LogP contribution in [0, 0.1) is 6.92 Å². The van der Waals surface area contributed by atoms with E-state index in [1.807, 2.05) is 0 Å². The van der Waals surface area contributed by atoms with Crippen LogP contribution in [0.4, 0.5) is 6.01 Å². The average Bonchev–Trinajstić information content (AvgIpc) is 2.47. The molecule has 0 bridgehead atoms. The molecule has 0 radical (unpaired) electrons. The molecule has 0 aliphatic heterocycles. The summed E-state index contributed by atoms with van der Waals surface area (Å²) in [6.45, 7) is 1.80. The highest BCUT2D eigenvalue weighted by molar-refractivity contribution is 6.01. The molecule has 0 aliphatic carbocycles. The molecule has 0 spiro atoms. The highest BCUT2D eigenvalue weighted by Gasteiger charge is 2.14. The number of carbonyl (C=O) groups is 1. The predicted molar refractivity (Wildman–Crippen MR) is 50.1 cm³/mol. The molecule has 2 aromatic rings. The maximum atomic E-state index is 10.8. The van der Waals surface area contributed by atoms with E-state index in [2.05, 4.69) is 4.98 Å². The third kappa shape index (κ3) is 1.10. The van der Waals surface area contributed by atoms with Gasteiger partial charge < -0.3 is 15.3 Å². The van der Waals surface area contributed by atoms with Gasteiger partial charge in [0, 0.05) is 0 Å². The largest absolute Gasteiger partial charge is 0.478 e. The van der Waals surface area contributed by atoms with Gasteiger partial charge in [0.1, 0.15) is 5.52 Å². The number of hydrogen-bond acceptors (Lipinski definition) is 4. The first-order valence-corrected chi connectivity index (χ1v) is 3.98. The Balaban J connectivity index is 2.87. The molecule has 3 N–H and O–H groups in total. The molecule has 1 heterocycles. The number of anilines is 1. The Kier molecular flexibility index (Phi) is 1.67. The zero-order chi connectivity index (χ0) is 10.3. The second-order valence-corrected chi connectivity index (χ2v) is 2.97. The number of nitrogens with zero attached hydrogens (tertiary/aromatic N) is 1. The van der Waals surface area contributed by atoms with E-state index in [1.165, 1.54) is 6.07 Å². The zero-order valence-corrected chi connectivity index (χ0v) is 7.44. The first-order valence-electron chi connectivity index (χ1n) is 3.98.